The second-order valence-corrected chi connectivity index (χ2v) is 10.9. The van der Waals surface area contributed by atoms with Crippen molar-refractivity contribution in [2.24, 2.45) is 5.92 Å². The maximum absolute atomic E-state index is 13.4. The van der Waals surface area contributed by atoms with E-state index >= 15 is 0 Å². The lowest BCUT2D eigenvalue weighted by atomic mass is 9.82. The summed E-state index contributed by atoms with van der Waals surface area (Å²) in [4.78, 5) is 29.4. The van der Waals surface area contributed by atoms with Crippen LogP contribution < -0.4 is 14.5 Å². The zero-order valence-electron chi connectivity index (χ0n) is 24.0. The molecule has 4 aromatic rings. The third kappa shape index (κ3) is 4.98. The summed E-state index contributed by atoms with van der Waals surface area (Å²) >= 11 is 0. The molecule has 0 fully saturated rings. The van der Waals surface area contributed by atoms with Crippen LogP contribution in [0.1, 0.15) is 36.1 Å². The highest BCUT2D eigenvalue weighted by atomic mass is 16.5. The summed E-state index contributed by atoms with van der Waals surface area (Å²) in [6, 6.07) is 22.2. The average Bonchev–Trinajstić information content (AvgIpc) is 3.57. The molecule has 2 amide bonds. The van der Waals surface area contributed by atoms with Crippen LogP contribution in [0.15, 0.2) is 91.1 Å². The molecule has 0 bridgehead atoms. The molecule has 3 atom stereocenters. The number of hydrogen-bond acceptors (Lipinski definition) is 7. The first-order chi connectivity index (χ1) is 20.8. The van der Waals surface area contributed by atoms with E-state index in [-0.39, 0.29) is 25.0 Å². The minimum atomic E-state index is -1.81. The van der Waals surface area contributed by atoms with E-state index in [4.69, 9.17) is 4.74 Å². The van der Waals surface area contributed by atoms with Crippen LogP contribution in [0.4, 0.5) is 17.1 Å². The van der Waals surface area contributed by atoms with Crippen molar-refractivity contribution in [2.45, 2.75) is 31.4 Å². The van der Waals surface area contributed by atoms with Crippen molar-refractivity contribution in [3.8, 4) is 5.75 Å². The SMILES string of the molecule is C[C@H](/C=C/CCn1cc(C(CO)c2ccccc2)nn1)[C@@]1(O)C(=O)N(C)c2ccc(N3C(=O)COc4ccccc43)cc21. The maximum atomic E-state index is 13.4. The zero-order valence-corrected chi connectivity index (χ0v) is 24.0. The van der Waals surface area contributed by atoms with Crippen LogP contribution in [0, 0.1) is 5.92 Å². The Bertz CT molecular complexity index is 1690. The number of hydrogen-bond donors (Lipinski definition) is 2. The number of rotatable bonds is 9. The first kappa shape index (κ1) is 28.3. The van der Waals surface area contributed by atoms with E-state index in [1.807, 2.05) is 60.8 Å². The van der Waals surface area contributed by atoms with Crippen molar-refractivity contribution in [1.82, 2.24) is 15.0 Å². The fourth-order valence-corrected chi connectivity index (χ4v) is 5.85. The molecule has 0 spiro atoms. The molecule has 10 nitrogen and oxygen atoms in total. The fourth-order valence-electron chi connectivity index (χ4n) is 5.85. The standard InChI is InChI=1S/C33H33N5O5/c1-22(10-8-9-17-37-19-27(34-35-37)25(20-39)23-11-4-3-5-12-23)33(42)26-18-24(15-16-28(26)36(2)32(33)41)38-29-13-6-7-14-30(29)43-21-31(38)40/h3-8,10-16,18-19,22,25,39,42H,9,17,20-21H2,1-2H3/b10-8+/t22-,25?,33+/m1/s1. The number of anilines is 3. The number of aliphatic hydroxyl groups is 2. The molecule has 2 aliphatic rings. The number of aryl methyl sites for hydroxylation is 1. The summed E-state index contributed by atoms with van der Waals surface area (Å²) in [6.45, 7) is 2.17. The normalized spacial score (nSPS) is 19.3. The predicted octanol–water partition coefficient (Wildman–Crippen LogP) is 3.91. The van der Waals surface area contributed by atoms with Gasteiger partial charge in [0.1, 0.15) is 5.75 Å². The lowest BCUT2D eigenvalue weighted by Crippen LogP contribution is -2.43. The summed E-state index contributed by atoms with van der Waals surface area (Å²) in [5.74, 6) is -0.888. The topological polar surface area (TPSA) is 121 Å². The van der Waals surface area contributed by atoms with E-state index in [0.29, 0.717) is 47.0 Å². The number of likely N-dealkylation sites (N-methyl/N-ethyl adjacent to an activating group) is 1. The molecular formula is C33H33N5O5. The van der Waals surface area contributed by atoms with Crippen molar-refractivity contribution in [1.29, 1.82) is 0 Å². The van der Waals surface area contributed by atoms with E-state index in [0.717, 1.165) is 5.56 Å². The highest BCUT2D eigenvalue weighted by Crippen LogP contribution is 2.47. The number of carbonyl (C=O) groups excluding carboxylic acids is 2. The molecule has 1 unspecified atom stereocenters. The molecule has 0 radical (unpaired) electrons. The van der Waals surface area contributed by atoms with Crippen LogP contribution in [0.5, 0.6) is 5.75 Å². The molecule has 2 N–H and O–H groups in total. The number of benzene rings is 3. The lowest BCUT2D eigenvalue weighted by Gasteiger charge is -2.31. The van der Waals surface area contributed by atoms with Gasteiger partial charge in [0, 0.05) is 37.0 Å². The monoisotopic (exact) mass is 579 g/mol. The van der Waals surface area contributed by atoms with Gasteiger partial charge in [-0.2, -0.15) is 0 Å². The van der Waals surface area contributed by atoms with Gasteiger partial charge in [0.05, 0.1) is 29.6 Å². The Hall–Kier alpha value is -4.80. The summed E-state index contributed by atoms with van der Waals surface area (Å²) < 4.78 is 7.31. The molecule has 1 aromatic heterocycles. The van der Waals surface area contributed by atoms with Crippen molar-refractivity contribution < 1.29 is 24.5 Å². The minimum absolute atomic E-state index is 0.0728. The number of amides is 2. The molecule has 6 rings (SSSR count). The van der Waals surface area contributed by atoms with Crippen LogP contribution in [-0.4, -0.2) is 57.3 Å². The summed E-state index contributed by atoms with van der Waals surface area (Å²) in [6.07, 6.45) is 6.17. The summed E-state index contributed by atoms with van der Waals surface area (Å²) in [7, 11) is 1.64. The Balaban J connectivity index is 1.19. The second-order valence-electron chi connectivity index (χ2n) is 10.9. The van der Waals surface area contributed by atoms with E-state index in [2.05, 4.69) is 10.3 Å². The largest absolute Gasteiger partial charge is 0.482 e. The smallest absolute Gasteiger partial charge is 0.269 e. The zero-order chi connectivity index (χ0) is 30.1. The van der Waals surface area contributed by atoms with Gasteiger partial charge in [-0.25, -0.2) is 0 Å². The summed E-state index contributed by atoms with van der Waals surface area (Å²) in [5, 5.41) is 30.3. The number of fused-ring (bicyclic) bond motifs is 2. The molecule has 0 saturated heterocycles. The third-order valence-corrected chi connectivity index (χ3v) is 8.25. The van der Waals surface area contributed by atoms with Gasteiger partial charge >= 0.3 is 0 Å². The van der Waals surface area contributed by atoms with Crippen molar-refractivity contribution in [3.05, 3.63) is 108 Å². The number of carbonyl (C=O) groups is 2. The first-order valence-corrected chi connectivity index (χ1v) is 14.2. The number of aliphatic hydroxyl groups excluding tert-OH is 1. The van der Waals surface area contributed by atoms with Gasteiger partial charge in [-0.05, 0) is 42.3 Å². The molecule has 3 heterocycles. The predicted molar refractivity (Wildman–Crippen MR) is 161 cm³/mol. The molecule has 0 saturated carbocycles. The highest BCUT2D eigenvalue weighted by Gasteiger charge is 2.51. The lowest BCUT2D eigenvalue weighted by molar-refractivity contribution is -0.139. The minimum Gasteiger partial charge on any atom is -0.482 e. The quantitative estimate of drug-likeness (QED) is 0.289. The van der Waals surface area contributed by atoms with E-state index in [1.54, 1.807) is 53.9 Å². The number of para-hydroxylation sites is 2. The van der Waals surface area contributed by atoms with Gasteiger partial charge in [-0.3, -0.25) is 19.2 Å². The third-order valence-electron chi connectivity index (χ3n) is 8.25. The van der Waals surface area contributed by atoms with Crippen molar-refractivity contribution >= 4 is 28.9 Å². The molecular weight excluding hydrogens is 546 g/mol. The van der Waals surface area contributed by atoms with Crippen LogP contribution >= 0.6 is 0 Å². The van der Waals surface area contributed by atoms with Gasteiger partial charge in [-0.1, -0.05) is 66.8 Å². The Morgan fingerprint density at radius 3 is 2.60 bits per heavy atom. The van der Waals surface area contributed by atoms with Gasteiger partial charge in [0.15, 0.2) is 12.2 Å². The Kier molecular flexibility index (Phi) is 7.55. The Morgan fingerprint density at radius 2 is 1.81 bits per heavy atom. The van der Waals surface area contributed by atoms with Gasteiger partial charge in [-0.15, -0.1) is 5.10 Å². The second kappa shape index (κ2) is 11.5. The van der Waals surface area contributed by atoms with Crippen LogP contribution in [0.2, 0.25) is 0 Å². The Morgan fingerprint density at radius 1 is 1.05 bits per heavy atom. The number of allylic oxidation sites excluding steroid dienone is 1. The molecule has 2 aliphatic heterocycles. The van der Waals surface area contributed by atoms with Crippen molar-refractivity contribution in [3.63, 3.8) is 0 Å². The maximum Gasteiger partial charge on any atom is 0.269 e. The van der Waals surface area contributed by atoms with Gasteiger partial charge in [0.25, 0.3) is 11.8 Å². The van der Waals surface area contributed by atoms with E-state index < -0.39 is 17.4 Å². The molecule has 10 heteroatoms. The van der Waals surface area contributed by atoms with Crippen LogP contribution in [-0.2, 0) is 21.7 Å². The number of nitrogens with zero attached hydrogens (tertiary/aromatic N) is 5. The fraction of sp³-hybridized carbons (Fsp3) is 0.273. The molecule has 0 aliphatic carbocycles. The molecule has 43 heavy (non-hydrogen) atoms. The first-order valence-electron chi connectivity index (χ1n) is 14.2. The van der Waals surface area contributed by atoms with Gasteiger partial charge in [0.2, 0.25) is 0 Å². The molecule has 220 valence electrons. The molecule has 3 aromatic carbocycles. The number of ether oxygens (including phenoxy) is 1. The average molecular weight is 580 g/mol. The van der Waals surface area contributed by atoms with E-state index in [1.165, 1.54) is 4.90 Å². The number of aromatic nitrogens is 3. The highest BCUT2D eigenvalue weighted by molar-refractivity contribution is 6.09. The van der Waals surface area contributed by atoms with Crippen molar-refractivity contribution in [2.75, 3.05) is 30.1 Å². The Labute approximate surface area is 249 Å². The summed E-state index contributed by atoms with van der Waals surface area (Å²) in [5.41, 5.74) is 2.05. The van der Waals surface area contributed by atoms with Crippen LogP contribution in [0.25, 0.3) is 0 Å². The van der Waals surface area contributed by atoms with Gasteiger partial charge < -0.3 is 19.8 Å². The van der Waals surface area contributed by atoms with Crippen LogP contribution in [0.3, 0.4) is 0 Å². The van der Waals surface area contributed by atoms with E-state index in [9.17, 15) is 19.8 Å².